The quantitative estimate of drug-likeness (QED) is 0.501. The summed E-state index contributed by atoms with van der Waals surface area (Å²) in [5.41, 5.74) is 8.00. The highest BCUT2D eigenvalue weighted by molar-refractivity contribution is 5.89. The molecule has 0 unspecified atom stereocenters. The average Bonchev–Trinajstić information content (AvgIpc) is 3.30. The lowest BCUT2D eigenvalue weighted by molar-refractivity contribution is 0.149. The Kier molecular flexibility index (Phi) is 4.72. The zero-order valence-corrected chi connectivity index (χ0v) is 17.0. The van der Waals surface area contributed by atoms with E-state index >= 15 is 0 Å². The van der Waals surface area contributed by atoms with Gasteiger partial charge in [0.1, 0.15) is 0 Å². The van der Waals surface area contributed by atoms with Crippen molar-refractivity contribution in [2.24, 2.45) is 0 Å². The van der Waals surface area contributed by atoms with Crippen LogP contribution in [0.25, 0.3) is 16.7 Å². The standard InChI is InChI=1S/C20H25N9O/c1-25-7-9-26(10-8-25)11-12-27-17-16(13-22-27)18-24-28(14-15-5-3-2-4-6-15)20(30)29(18)19(21)23-17/h2-6,13H,7-12,14H2,1H3,(H2,21,23). The van der Waals surface area contributed by atoms with Crippen LogP contribution in [-0.2, 0) is 13.1 Å². The van der Waals surface area contributed by atoms with Gasteiger partial charge >= 0.3 is 5.69 Å². The molecule has 1 fully saturated rings. The lowest BCUT2D eigenvalue weighted by Crippen LogP contribution is -2.45. The van der Waals surface area contributed by atoms with Crippen molar-refractivity contribution >= 4 is 22.6 Å². The molecule has 1 saturated heterocycles. The fraction of sp³-hybridized carbons (Fsp3) is 0.400. The van der Waals surface area contributed by atoms with Crippen molar-refractivity contribution in [3.63, 3.8) is 0 Å². The third-order valence-electron chi connectivity index (χ3n) is 5.74. The van der Waals surface area contributed by atoms with Gasteiger partial charge in [0.05, 0.1) is 24.7 Å². The Morgan fingerprint density at radius 1 is 1.00 bits per heavy atom. The largest absolute Gasteiger partial charge is 0.369 e. The first kappa shape index (κ1) is 18.8. The summed E-state index contributed by atoms with van der Waals surface area (Å²) in [7, 11) is 2.15. The summed E-state index contributed by atoms with van der Waals surface area (Å²) in [4.78, 5) is 22.1. The summed E-state index contributed by atoms with van der Waals surface area (Å²) in [6.07, 6.45) is 1.72. The third kappa shape index (κ3) is 3.33. The number of nitrogens with two attached hydrogens (primary N) is 1. The van der Waals surface area contributed by atoms with Crippen LogP contribution in [0, 0.1) is 0 Å². The van der Waals surface area contributed by atoms with E-state index in [1.54, 1.807) is 6.20 Å². The van der Waals surface area contributed by atoms with Crippen LogP contribution in [-0.4, -0.2) is 78.5 Å². The molecule has 2 N–H and O–H groups in total. The van der Waals surface area contributed by atoms with E-state index < -0.39 is 0 Å². The van der Waals surface area contributed by atoms with E-state index in [1.165, 1.54) is 9.08 Å². The smallest absolute Gasteiger partial charge is 0.353 e. The number of likely N-dealkylation sites (N-methyl/N-ethyl adjacent to an activating group) is 1. The topological polar surface area (TPSA) is 103 Å². The van der Waals surface area contributed by atoms with Gasteiger partial charge in [0, 0.05) is 32.7 Å². The summed E-state index contributed by atoms with van der Waals surface area (Å²) in [6, 6.07) is 9.75. The second-order valence-electron chi connectivity index (χ2n) is 7.80. The zero-order chi connectivity index (χ0) is 20.7. The molecule has 5 rings (SSSR count). The molecule has 0 amide bonds. The minimum absolute atomic E-state index is 0.128. The summed E-state index contributed by atoms with van der Waals surface area (Å²) < 4.78 is 4.63. The van der Waals surface area contributed by atoms with Crippen LogP contribution in [0.2, 0.25) is 0 Å². The normalized spacial score (nSPS) is 16.0. The van der Waals surface area contributed by atoms with Gasteiger partial charge in [0.15, 0.2) is 11.3 Å². The summed E-state index contributed by atoms with van der Waals surface area (Å²) in [6.45, 7) is 6.24. The van der Waals surface area contributed by atoms with Crippen LogP contribution < -0.4 is 11.4 Å². The number of nitrogen functional groups attached to an aromatic ring is 1. The maximum Gasteiger partial charge on any atom is 0.353 e. The molecule has 1 aromatic carbocycles. The second kappa shape index (κ2) is 7.54. The number of benzene rings is 1. The minimum atomic E-state index is -0.300. The molecule has 30 heavy (non-hydrogen) atoms. The van der Waals surface area contributed by atoms with Crippen LogP contribution in [0.4, 0.5) is 5.95 Å². The molecule has 0 radical (unpaired) electrons. The first-order valence-electron chi connectivity index (χ1n) is 10.2. The lowest BCUT2D eigenvalue weighted by Gasteiger charge is -2.32. The monoisotopic (exact) mass is 407 g/mol. The highest BCUT2D eigenvalue weighted by Gasteiger charge is 2.19. The van der Waals surface area contributed by atoms with Gasteiger partial charge in [-0.25, -0.2) is 18.6 Å². The van der Waals surface area contributed by atoms with E-state index in [0.717, 1.165) is 43.7 Å². The first-order chi connectivity index (χ1) is 14.6. The molecule has 3 aromatic heterocycles. The molecule has 0 saturated carbocycles. The number of aromatic nitrogens is 6. The fourth-order valence-electron chi connectivity index (χ4n) is 3.93. The van der Waals surface area contributed by atoms with E-state index in [1.807, 2.05) is 35.0 Å². The number of rotatable bonds is 5. The predicted octanol–water partition coefficient (Wildman–Crippen LogP) is 0.119. The molecule has 1 aliphatic heterocycles. The number of anilines is 1. The van der Waals surface area contributed by atoms with Crippen LogP contribution in [0.15, 0.2) is 41.3 Å². The van der Waals surface area contributed by atoms with Gasteiger partial charge in [-0.2, -0.15) is 10.1 Å². The molecule has 156 valence electrons. The van der Waals surface area contributed by atoms with Gasteiger partial charge in [-0.05, 0) is 12.6 Å². The molecule has 10 heteroatoms. The van der Waals surface area contributed by atoms with E-state index in [-0.39, 0.29) is 11.6 Å². The molecule has 0 atom stereocenters. The number of piperazine rings is 1. The average molecular weight is 407 g/mol. The van der Waals surface area contributed by atoms with E-state index in [9.17, 15) is 4.79 Å². The van der Waals surface area contributed by atoms with Gasteiger partial charge in [0.2, 0.25) is 5.95 Å². The van der Waals surface area contributed by atoms with Gasteiger partial charge in [-0.3, -0.25) is 4.90 Å². The van der Waals surface area contributed by atoms with Gasteiger partial charge in [0.25, 0.3) is 0 Å². The molecular formula is C20H25N9O. The highest BCUT2D eigenvalue weighted by Crippen LogP contribution is 2.18. The van der Waals surface area contributed by atoms with Crippen LogP contribution in [0.3, 0.4) is 0 Å². The maximum absolute atomic E-state index is 12.9. The van der Waals surface area contributed by atoms with Crippen molar-refractivity contribution in [1.29, 1.82) is 0 Å². The molecule has 0 aliphatic carbocycles. The number of fused-ring (bicyclic) bond motifs is 3. The van der Waals surface area contributed by atoms with Crippen molar-refractivity contribution in [3.8, 4) is 0 Å². The number of hydrogen-bond donors (Lipinski definition) is 1. The van der Waals surface area contributed by atoms with Gasteiger partial charge in [-0.1, -0.05) is 30.3 Å². The van der Waals surface area contributed by atoms with Crippen molar-refractivity contribution < 1.29 is 0 Å². The molecule has 10 nitrogen and oxygen atoms in total. The highest BCUT2D eigenvalue weighted by atomic mass is 16.2. The first-order valence-corrected chi connectivity index (χ1v) is 10.2. The molecule has 4 aromatic rings. The maximum atomic E-state index is 12.9. The Balaban J connectivity index is 1.46. The zero-order valence-electron chi connectivity index (χ0n) is 17.0. The van der Waals surface area contributed by atoms with Crippen molar-refractivity contribution in [1.82, 2.24) is 38.7 Å². The molecular weight excluding hydrogens is 382 g/mol. The number of hydrogen-bond acceptors (Lipinski definition) is 7. The van der Waals surface area contributed by atoms with E-state index in [2.05, 4.69) is 32.0 Å². The molecule has 0 bridgehead atoms. The van der Waals surface area contributed by atoms with Crippen molar-refractivity contribution in [2.45, 2.75) is 13.1 Å². The molecule has 0 spiro atoms. The van der Waals surface area contributed by atoms with Gasteiger partial charge < -0.3 is 10.6 Å². The summed E-state index contributed by atoms with van der Waals surface area (Å²) >= 11 is 0. The Morgan fingerprint density at radius 3 is 2.53 bits per heavy atom. The summed E-state index contributed by atoms with van der Waals surface area (Å²) in [5.74, 6) is 0.128. The van der Waals surface area contributed by atoms with Crippen LogP contribution in [0.1, 0.15) is 5.56 Å². The molecule has 4 heterocycles. The second-order valence-corrected chi connectivity index (χ2v) is 7.80. The SMILES string of the molecule is CN1CCN(CCn2ncc3c2nc(N)n2c(=O)n(Cc4ccccc4)nc32)CC1. The van der Waals surface area contributed by atoms with Crippen molar-refractivity contribution in [3.05, 3.63) is 52.6 Å². The summed E-state index contributed by atoms with van der Waals surface area (Å²) in [5, 5.41) is 9.78. The Hall–Kier alpha value is -3.24. The molecule has 1 aliphatic rings. The van der Waals surface area contributed by atoms with Crippen molar-refractivity contribution in [2.75, 3.05) is 45.5 Å². The lowest BCUT2D eigenvalue weighted by atomic mass is 10.2. The van der Waals surface area contributed by atoms with E-state index in [4.69, 9.17) is 5.73 Å². The third-order valence-corrected chi connectivity index (χ3v) is 5.74. The minimum Gasteiger partial charge on any atom is -0.369 e. The van der Waals surface area contributed by atoms with Crippen LogP contribution in [0.5, 0.6) is 0 Å². The van der Waals surface area contributed by atoms with Gasteiger partial charge in [-0.15, -0.1) is 5.10 Å². The number of nitrogens with zero attached hydrogens (tertiary/aromatic N) is 8. The Bertz CT molecular complexity index is 1230. The fourth-order valence-corrected chi connectivity index (χ4v) is 3.93. The van der Waals surface area contributed by atoms with E-state index in [0.29, 0.717) is 24.4 Å². The predicted molar refractivity (Wildman–Crippen MR) is 114 cm³/mol. The van der Waals surface area contributed by atoms with Crippen LogP contribution >= 0.6 is 0 Å². The Labute approximate surface area is 173 Å². The Morgan fingerprint density at radius 2 is 1.77 bits per heavy atom.